The Kier molecular flexibility index (Phi) is 3.90. The quantitative estimate of drug-likeness (QED) is 0.448. The van der Waals surface area contributed by atoms with Crippen LogP contribution in [0.25, 0.3) is 33.1 Å². The van der Waals surface area contributed by atoms with Crippen LogP contribution in [0.3, 0.4) is 0 Å². The molecular weight excluding hydrogens is 356 g/mol. The summed E-state index contributed by atoms with van der Waals surface area (Å²) in [5.74, 6) is 1.52. The maximum absolute atomic E-state index is 11.9. The number of furan rings is 1. The molecule has 0 spiro atoms. The smallest absolute Gasteiger partial charge is 0.336 e. The van der Waals surface area contributed by atoms with Gasteiger partial charge < -0.3 is 18.3 Å². The minimum absolute atomic E-state index is 0.332. The van der Waals surface area contributed by atoms with E-state index in [2.05, 4.69) is 6.07 Å². The van der Waals surface area contributed by atoms with Crippen molar-refractivity contribution in [2.45, 2.75) is 26.7 Å². The fourth-order valence-corrected chi connectivity index (χ4v) is 3.88. The topological polar surface area (TPSA) is 61.8 Å². The summed E-state index contributed by atoms with van der Waals surface area (Å²) < 4.78 is 23.0. The molecule has 0 amide bonds. The Morgan fingerprint density at radius 2 is 1.79 bits per heavy atom. The van der Waals surface area contributed by atoms with E-state index in [0.29, 0.717) is 18.8 Å². The first kappa shape index (κ1) is 16.9. The summed E-state index contributed by atoms with van der Waals surface area (Å²) in [6.07, 6.45) is 3.37. The van der Waals surface area contributed by atoms with Gasteiger partial charge in [0.2, 0.25) is 0 Å². The van der Waals surface area contributed by atoms with Crippen LogP contribution in [0.5, 0.6) is 11.5 Å². The van der Waals surface area contributed by atoms with Gasteiger partial charge in [0.15, 0.2) is 11.5 Å². The summed E-state index contributed by atoms with van der Waals surface area (Å²) >= 11 is 0. The normalized spacial score (nSPS) is 13.8. The van der Waals surface area contributed by atoms with Gasteiger partial charge in [0.1, 0.15) is 11.2 Å². The summed E-state index contributed by atoms with van der Waals surface area (Å²) in [5, 5.41) is 1.94. The molecule has 28 heavy (non-hydrogen) atoms. The van der Waals surface area contributed by atoms with Crippen LogP contribution in [0, 0.1) is 6.92 Å². The van der Waals surface area contributed by atoms with Gasteiger partial charge in [0.05, 0.1) is 19.5 Å². The van der Waals surface area contributed by atoms with E-state index in [-0.39, 0.29) is 5.63 Å². The maximum Gasteiger partial charge on any atom is 0.336 e. The second-order valence-corrected chi connectivity index (χ2v) is 7.06. The second kappa shape index (κ2) is 6.44. The van der Waals surface area contributed by atoms with Crippen LogP contribution in [0.15, 0.2) is 50.2 Å². The number of hydrogen-bond acceptors (Lipinski definition) is 5. The average molecular weight is 376 g/mol. The molecule has 0 fully saturated rings. The molecule has 0 radical (unpaired) electrons. The number of fused-ring (bicyclic) bond motifs is 3. The monoisotopic (exact) mass is 376 g/mol. The Balaban J connectivity index is 1.75. The molecule has 4 aromatic rings. The largest absolute Gasteiger partial charge is 0.490 e. The molecule has 1 aliphatic rings. The van der Waals surface area contributed by atoms with Gasteiger partial charge in [-0.15, -0.1) is 0 Å². The third-order valence-corrected chi connectivity index (χ3v) is 5.32. The number of aryl methyl sites for hydroxylation is 2. The number of rotatable bonds is 2. The SMILES string of the molecule is CCc1cc(=O)oc2c(C)c3occ(-c4ccc5c(c4)OCCCO5)c3cc12. The molecule has 0 atom stereocenters. The molecule has 5 nitrogen and oxygen atoms in total. The first-order valence-corrected chi connectivity index (χ1v) is 9.53. The minimum Gasteiger partial charge on any atom is -0.490 e. The third kappa shape index (κ3) is 2.58. The molecule has 2 aromatic carbocycles. The maximum atomic E-state index is 11.9. The lowest BCUT2D eigenvalue weighted by atomic mass is 9.98. The van der Waals surface area contributed by atoms with Gasteiger partial charge >= 0.3 is 5.63 Å². The highest BCUT2D eigenvalue weighted by Gasteiger charge is 2.18. The zero-order valence-corrected chi connectivity index (χ0v) is 15.8. The highest BCUT2D eigenvalue weighted by molar-refractivity contribution is 6.04. The Hall–Kier alpha value is -3.21. The van der Waals surface area contributed by atoms with Gasteiger partial charge in [-0.2, -0.15) is 0 Å². The Morgan fingerprint density at radius 1 is 0.964 bits per heavy atom. The third-order valence-electron chi connectivity index (χ3n) is 5.32. The lowest BCUT2D eigenvalue weighted by Crippen LogP contribution is -2.01. The van der Waals surface area contributed by atoms with E-state index in [1.165, 1.54) is 0 Å². The molecule has 2 aromatic heterocycles. The predicted octanol–water partition coefficient (Wildman–Crippen LogP) is 5.24. The van der Waals surface area contributed by atoms with Crippen molar-refractivity contribution < 1.29 is 18.3 Å². The van der Waals surface area contributed by atoms with Crippen LogP contribution < -0.4 is 15.1 Å². The fourth-order valence-electron chi connectivity index (χ4n) is 3.88. The minimum atomic E-state index is -0.332. The zero-order valence-electron chi connectivity index (χ0n) is 15.8. The van der Waals surface area contributed by atoms with Crippen LogP contribution >= 0.6 is 0 Å². The van der Waals surface area contributed by atoms with Gasteiger partial charge in [-0.05, 0) is 42.7 Å². The van der Waals surface area contributed by atoms with Crippen molar-refractivity contribution in [3.63, 3.8) is 0 Å². The molecular formula is C23H20O5. The fraction of sp³-hybridized carbons (Fsp3) is 0.261. The molecule has 5 heteroatoms. The Morgan fingerprint density at radius 3 is 2.61 bits per heavy atom. The van der Waals surface area contributed by atoms with Crippen molar-refractivity contribution in [2.75, 3.05) is 13.2 Å². The zero-order chi connectivity index (χ0) is 19.3. The van der Waals surface area contributed by atoms with E-state index in [4.69, 9.17) is 18.3 Å². The standard InChI is InChI=1S/C23H20O5/c1-3-14-10-21(24)28-23-13(2)22-17(11-16(14)23)18(12-27-22)15-5-6-19-20(9-15)26-8-4-7-25-19/h5-6,9-12H,3-4,7-8H2,1-2H3. The van der Waals surface area contributed by atoms with Crippen molar-refractivity contribution in [3.8, 4) is 22.6 Å². The van der Waals surface area contributed by atoms with Crippen LogP contribution in [0.4, 0.5) is 0 Å². The average Bonchev–Trinajstić information content (AvgIpc) is 2.98. The Labute approximate surface area is 161 Å². The molecule has 0 bridgehead atoms. The lowest BCUT2D eigenvalue weighted by Gasteiger charge is -2.09. The van der Waals surface area contributed by atoms with Gasteiger partial charge in [0, 0.05) is 34.4 Å². The van der Waals surface area contributed by atoms with E-state index in [0.717, 1.165) is 62.9 Å². The van der Waals surface area contributed by atoms with Crippen molar-refractivity contribution in [1.29, 1.82) is 0 Å². The highest BCUT2D eigenvalue weighted by atomic mass is 16.5. The Bertz CT molecular complexity index is 1260. The molecule has 0 unspecified atom stereocenters. The van der Waals surface area contributed by atoms with Gasteiger partial charge in [-0.25, -0.2) is 4.79 Å². The predicted molar refractivity (Wildman–Crippen MR) is 107 cm³/mol. The van der Waals surface area contributed by atoms with Crippen LogP contribution in [0.1, 0.15) is 24.5 Å². The molecule has 1 aliphatic heterocycles. The molecule has 0 aliphatic carbocycles. The number of hydrogen-bond donors (Lipinski definition) is 0. The summed E-state index contributed by atoms with van der Waals surface area (Å²) in [4.78, 5) is 11.9. The first-order valence-electron chi connectivity index (χ1n) is 9.53. The van der Waals surface area contributed by atoms with Crippen LogP contribution in [-0.2, 0) is 6.42 Å². The van der Waals surface area contributed by atoms with Crippen molar-refractivity contribution >= 4 is 21.9 Å². The molecule has 142 valence electrons. The van der Waals surface area contributed by atoms with Gasteiger partial charge in [0.25, 0.3) is 0 Å². The van der Waals surface area contributed by atoms with Crippen LogP contribution in [0.2, 0.25) is 0 Å². The van der Waals surface area contributed by atoms with E-state index in [1.54, 1.807) is 12.3 Å². The first-order chi connectivity index (χ1) is 13.7. The van der Waals surface area contributed by atoms with E-state index in [9.17, 15) is 4.79 Å². The van der Waals surface area contributed by atoms with E-state index >= 15 is 0 Å². The van der Waals surface area contributed by atoms with E-state index < -0.39 is 0 Å². The summed E-state index contributed by atoms with van der Waals surface area (Å²) in [6.45, 7) is 5.27. The molecule has 0 saturated heterocycles. The summed E-state index contributed by atoms with van der Waals surface area (Å²) in [5.41, 5.74) is 4.77. The lowest BCUT2D eigenvalue weighted by molar-refractivity contribution is 0.297. The van der Waals surface area contributed by atoms with Crippen LogP contribution in [-0.4, -0.2) is 13.2 Å². The van der Waals surface area contributed by atoms with Crippen molar-refractivity contribution in [3.05, 3.63) is 58.1 Å². The number of ether oxygens (including phenoxy) is 2. The van der Waals surface area contributed by atoms with Gasteiger partial charge in [-0.1, -0.05) is 13.0 Å². The summed E-state index contributed by atoms with van der Waals surface area (Å²) in [6, 6.07) is 9.58. The highest BCUT2D eigenvalue weighted by Crippen LogP contribution is 2.40. The molecule has 3 heterocycles. The van der Waals surface area contributed by atoms with Crippen molar-refractivity contribution in [1.82, 2.24) is 0 Å². The van der Waals surface area contributed by atoms with E-state index in [1.807, 2.05) is 32.0 Å². The summed E-state index contributed by atoms with van der Waals surface area (Å²) in [7, 11) is 0. The molecule has 0 saturated carbocycles. The van der Waals surface area contributed by atoms with Gasteiger partial charge in [-0.3, -0.25) is 0 Å². The number of benzene rings is 2. The second-order valence-electron chi connectivity index (χ2n) is 7.06. The van der Waals surface area contributed by atoms with Crippen molar-refractivity contribution in [2.24, 2.45) is 0 Å². The molecule has 5 rings (SSSR count). The molecule has 0 N–H and O–H groups in total.